The highest BCUT2D eigenvalue weighted by Crippen LogP contribution is 2.34. The summed E-state index contributed by atoms with van der Waals surface area (Å²) < 4.78 is 1.95. The van der Waals surface area contributed by atoms with Gasteiger partial charge in [-0.3, -0.25) is 4.40 Å². The number of fused-ring (bicyclic) bond motifs is 2. The SMILES string of the molecule is c1ccc2c(c1)NCC2c1nnc2ccncn12. The number of rotatable bonds is 1. The van der Waals surface area contributed by atoms with E-state index in [4.69, 9.17) is 0 Å². The monoisotopic (exact) mass is 237 g/mol. The zero-order valence-corrected chi connectivity index (χ0v) is 9.61. The van der Waals surface area contributed by atoms with Crippen molar-refractivity contribution >= 4 is 11.3 Å². The second kappa shape index (κ2) is 3.53. The first-order valence-corrected chi connectivity index (χ1v) is 5.91. The predicted octanol–water partition coefficient (Wildman–Crippen LogP) is 1.68. The van der Waals surface area contributed by atoms with Crippen LogP contribution in [0.5, 0.6) is 0 Å². The third-order valence-electron chi connectivity index (χ3n) is 3.38. The number of aromatic nitrogens is 4. The average Bonchev–Trinajstić information content (AvgIpc) is 3.01. The normalized spacial score (nSPS) is 17.7. The Kier molecular flexibility index (Phi) is 1.88. The van der Waals surface area contributed by atoms with E-state index in [1.54, 1.807) is 12.5 Å². The lowest BCUT2D eigenvalue weighted by molar-refractivity contribution is 0.785. The summed E-state index contributed by atoms with van der Waals surface area (Å²) >= 11 is 0. The van der Waals surface area contributed by atoms with Crippen molar-refractivity contribution in [2.45, 2.75) is 5.92 Å². The molecular formula is C13H11N5. The summed E-state index contributed by atoms with van der Waals surface area (Å²) in [6, 6.07) is 10.2. The molecule has 0 bridgehead atoms. The molecule has 1 aromatic carbocycles. The van der Waals surface area contributed by atoms with E-state index in [9.17, 15) is 0 Å². The Balaban J connectivity index is 1.90. The summed E-state index contributed by atoms with van der Waals surface area (Å²) in [4.78, 5) is 4.14. The Labute approximate surface area is 104 Å². The lowest BCUT2D eigenvalue weighted by Crippen LogP contribution is -2.08. The Morgan fingerprint density at radius 1 is 1.17 bits per heavy atom. The van der Waals surface area contributed by atoms with Gasteiger partial charge in [-0.2, -0.15) is 0 Å². The lowest BCUT2D eigenvalue weighted by atomic mass is 10.0. The van der Waals surface area contributed by atoms with Crippen LogP contribution in [0.25, 0.3) is 5.65 Å². The molecule has 3 heterocycles. The van der Waals surface area contributed by atoms with Gasteiger partial charge in [0.15, 0.2) is 5.65 Å². The maximum atomic E-state index is 4.31. The summed E-state index contributed by atoms with van der Waals surface area (Å²) in [6.07, 6.45) is 3.50. The molecule has 5 heteroatoms. The van der Waals surface area contributed by atoms with Crippen molar-refractivity contribution in [3.8, 4) is 0 Å². The van der Waals surface area contributed by atoms with E-state index >= 15 is 0 Å². The van der Waals surface area contributed by atoms with Gasteiger partial charge < -0.3 is 5.32 Å². The molecule has 0 saturated carbocycles. The van der Waals surface area contributed by atoms with Gasteiger partial charge in [0.1, 0.15) is 12.2 Å². The highest BCUT2D eigenvalue weighted by molar-refractivity contribution is 5.59. The Hall–Kier alpha value is -2.43. The lowest BCUT2D eigenvalue weighted by Gasteiger charge is -2.07. The molecule has 4 rings (SSSR count). The Morgan fingerprint density at radius 2 is 2.11 bits per heavy atom. The Bertz CT molecular complexity index is 718. The van der Waals surface area contributed by atoms with Gasteiger partial charge in [0, 0.05) is 24.5 Å². The minimum absolute atomic E-state index is 0.236. The molecule has 0 amide bonds. The summed E-state index contributed by atoms with van der Waals surface area (Å²) in [5.74, 6) is 1.18. The third kappa shape index (κ3) is 1.24. The summed E-state index contributed by atoms with van der Waals surface area (Å²) in [5.41, 5.74) is 3.29. The van der Waals surface area contributed by atoms with E-state index in [-0.39, 0.29) is 5.92 Å². The van der Waals surface area contributed by atoms with Gasteiger partial charge in [-0.1, -0.05) is 18.2 Å². The fourth-order valence-electron chi connectivity index (χ4n) is 2.51. The summed E-state index contributed by atoms with van der Waals surface area (Å²) in [7, 11) is 0. The molecule has 0 fully saturated rings. The summed E-state index contributed by atoms with van der Waals surface area (Å²) in [5, 5.41) is 11.9. The fourth-order valence-corrected chi connectivity index (χ4v) is 2.51. The quantitative estimate of drug-likeness (QED) is 0.699. The fraction of sp³-hybridized carbons (Fsp3) is 0.154. The first kappa shape index (κ1) is 9.58. The van der Waals surface area contributed by atoms with Gasteiger partial charge in [0.05, 0.1) is 5.92 Å². The highest BCUT2D eigenvalue weighted by Gasteiger charge is 2.27. The van der Waals surface area contributed by atoms with Gasteiger partial charge in [0.25, 0.3) is 0 Å². The molecule has 1 aliphatic rings. The van der Waals surface area contributed by atoms with Crippen LogP contribution in [0.1, 0.15) is 17.3 Å². The number of hydrogen-bond donors (Lipinski definition) is 1. The number of benzene rings is 1. The molecule has 5 nitrogen and oxygen atoms in total. The Morgan fingerprint density at radius 3 is 3.11 bits per heavy atom. The van der Waals surface area contributed by atoms with E-state index in [1.165, 1.54) is 11.3 Å². The molecule has 3 aromatic rings. The third-order valence-corrected chi connectivity index (χ3v) is 3.38. The molecule has 1 aliphatic heterocycles. The van der Waals surface area contributed by atoms with E-state index < -0.39 is 0 Å². The topological polar surface area (TPSA) is 55.1 Å². The van der Waals surface area contributed by atoms with E-state index in [0.29, 0.717) is 0 Å². The standard InChI is InChI=1S/C13H11N5/c1-2-4-11-9(3-1)10(7-15-11)13-17-16-12-5-6-14-8-18(12)13/h1-6,8,10,15H,7H2. The number of hydrogen-bond acceptors (Lipinski definition) is 4. The van der Waals surface area contributed by atoms with Gasteiger partial charge in [0.2, 0.25) is 0 Å². The molecule has 0 radical (unpaired) electrons. The molecule has 2 aromatic heterocycles. The second-order valence-electron chi connectivity index (χ2n) is 4.39. The van der Waals surface area contributed by atoms with Gasteiger partial charge in [-0.05, 0) is 11.6 Å². The van der Waals surface area contributed by atoms with Crippen LogP contribution in [0.2, 0.25) is 0 Å². The van der Waals surface area contributed by atoms with Crippen molar-refractivity contribution in [3.05, 3.63) is 54.2 Å². The molecule has 1 N–H and O–H groups in total. The molecule has 88 valence electrons. The number of para-hydroxylation sites is 1. The minimum atomic E-state index is 0.236. The van der Waals surface area contributed by atoms with Crippen LogP contribution >= 0.6 is 0 Å². The van der Waals surface area contributed by atoms with Crippen molar-refractivity contribution in [1.82, 2.24) is 19.6 Å². The number of anilines is 1. The van der Waals surface area contributed by atoms with Crippen molar-refractivity contribution in [1.29, 1.82) is 0 Å². The van der Waals surface area contributed by atoms with E-state index in [1.807, 2.05) is 16.5 Å². The van der Waals surface area contributed by atoms with Crippen molar-refractivity contribution < 1.29 is 0 Å². The molecule has 0 aliphatic carbocycles. The van der Waals surface area contributed by atoms with E-state index in [2.05, 4.69) is 38.7 Å². The largest absolute Gasteiger partial charge is 0.384 e. The average molecular weight is 237 g/mol. The molecule has 18 heavy (non-hydrogen) atoms. The minimum Gasteiger partial charge on any atom is -0.384 e. The smallest absolute Gasteiger partial charge is 0.163 e. The van der Waals surface area contributed by atoms with Crippen LogP contribution < -0.4 is 5.32 Å². The van der Waals surface area contributed by atoms with Crippen LogP contribution in [0.3, 0.4) is 0 Å². The predicted molar refractivity (Wildman–Crippen MR) is 67.6 cm³/mol. The second-order valence-corrected chi connectivity index (χ2v) is 4.39. The van der Waals surface area contributed by atoms with Crippen molar-refractivity contribution in [3.63, 3.8) is 0 Å². The molecule has 0 saturated heterocycles. The first-order chi connectivity index (χ1) is 8.93. The van der Waals surface area contributed by atoms with Crippen LogP contribution in [-0.2, 0) is 0 Å². The van der Waals surface area contributed by atoms with Gasteiger partial charge in [-0.15, -0.1) is 10.2 Å². The number of nitrogens with one attached hydrogen (secondary N) is 1. The van der Waals surface area contributed by atoms with Crippen LogP contribution in [0, 0.1) is 0 Å². The molecular weight excluding hydrogens is 226 g/mol. The molecule has 1 unspecified atom stereocenters. The van der Waals surface area contributed by atoms with Crippen LogP contribution in [0.15, 0.2) is 42.9 Å². The zero-order chi connectivity index (χ0) is 11.9. The first-order valence-electron chi connectivity index (χ1n) is 5.91. The van der Waals surface area contributed by atoms with Crippen LogP contribution in [0.4, 0.5) is 5.69 Å². The molecule has 0 spiro atoms. The van der Waals surface area contributed by atoms with Gasteiger partial charge in [-0.25, -0.2) is 4.98 Å². The van der Waals surface area contributed by atoms with Crippen LogP contribution in [-0.4, -0.2) is 26.1 Å². The van der Waals surface area contributed by atoms with Gasteiger partial charge >= 0.3 is 0 Å². The highest BCUT2D eigenvalue weighted by atomic mass is 15.3. The van der Waals surface area contributed by atoms with Crippen molar-refractivity contribution in [2.75, 3.05) is 11.9 Å². The summed E-state index contributed by atoms with van der Waals surface area (Å²) in [6.45, 7) is 0.856. The number of nitrogens with zero attached hydrogens (tertiary/aromatic N) is 4. The zero-order valence-electron chi connectivity index (χ0n) is 9.61. The van der Waals surface area contributed by atoms with E-state index in [0.717, 1.165) is 18.0 Å². The molecule has 1 atom stereocenters. The maximum Gasteiger partial charge on any atom is 0.163 e. The van der Waals surface area contributed by atoms with Crippen molar-refractivity contribution in [2.24, 2.45) is 0 Å². The maximum absolute atomic E-state index is 4.31.